The fourth-order valence-electron chi connectivity index (χ4n) is 2.89. The largest absolute Gasteiger partial charge is 0.488 e. The molecule has 1 amide bonds. The van der Waals surface area contributed by atoms with E-state index in [1.165, 1.54) is 0 Å². The zero-order chi connectivity index (χ0) is 19.2. The third kappa shape index (κ3) is 4.38. The van der Waals surface area contributed by atoms with Gasteiger partial charge in [0.25, 0.3) is 5.91 Å². The van der Waals surface area contributed by atoms with Gasteiger partial charge in [0.15, 0.2) is 0 Å². The minimum atomic E-state index is -0.120. The van der Waals surface area contributed by atoms with E-state index in [0.717, 1.165) is 28.3 Å². The van der Waals surface area contributed by atoms with Gasteiger partial charge in [-0.1, -0.05) is 36.4 Å². The maximum atomic E-state index is 12.4. The van der Waals surface area contributed by atoms with Gasteiger partial charge in [0, 0.05) is 18.3 Å². The van der Waals surface area contributed by atoms with Crippen molar-refractivity contribution in [3.05, 3.63) is 95.3 Å². The van der Waals surface area contributed by atoms with Gasteiger partial charge in [-0.15, -0.1) is 0 Å². The molecule has 5 heteroatoms. The number of hydrogen-bond acceptors (Lipinski definition) is 4. The van der Waals surface area contributed by atoms with Crippen LogP contribution in [0.15, 0.2) is 78.5 Å². The molecular formula is C23H20N2O3. The van der Waals surface area contributed by atoms with E-state index < -0.39 is 0 Å². The molecule has 2 heterocycles. The van der Waals surface area contributed by atoms with Crippen LogP contribution < -0.4 is 14.8 Å². The predicted octanol–water partition coefficient (Wildman–Crippen LogP) is 3.75. The van der Waals surface area contributed by atoms with Crippen LogP contribution in [0.2, 0.25) is 0 Å². The van der Waals surface area contributed by atoms with Gasteiger partial charge < -0.3 is 14.8 Å². The van der Waals surface area contributed by atoms with Crippen LogP contribution in [0.4, 0.5) is 0 Å². The molecule has 0 aliphatic carbocycles. The molecule has 2 aromatic carbocycles. The molecule has 28 heavy (non-hydrogen) atoms. The zero-order valence-corrected chi connectivity index (χ0v) is 15.3. The van der Waals surface area contributed by atoms with Gasteiger partial charge in [0.1, 0.15) is 24.7 Å². The lowest BCUT2D eigenvalue weighted by atomic mass is 10.1. The number of carbonyl (C=O) groups excluding carboxylic acids is 1. The lowest BCUT2D eigenvalue weighted by Gasteiger charge is -2.17. The lowest BCUT2D eigenvalue weighted by molar-refractivity contribution is -0.117. The molecule has 3 aromatic rings. The third-order valence-corrected chi connectivity index (χ3v) is 4.41. The van der Waals surface area contributed by atoms with Crippen molar-refractivity contribution in [2.75, 3.05) is 6.61 Å². The molecule has 0 spiro atoms. The summed E-state index contributed by atoms with van der Waals surface area (Å²) in [6, 6.07) is 21.1. The second-order valence-corrected chi connectivity index (χ2v) is 6.43. The highest BCUT2D eigenvalue weighted by Crippen LogP contribution is 2.25. The van der Waals surface area contributed by atoms with Crippen LogP contribution in [0.3, 0.4) is 0 Å². The second kappa shape index (κ2) is 8.39. The molecule has 0 saturated heterocycles. The van der Waals surface area contributed by atoms with Crippen molar-refractivity contribution in [3.8, 4) is 11.5 Å². The van der Waals surface area contributed by atoms with Gasteiger partial charge in [0.2, 0.25) is 0 Å². The summed E-state index contributed by atoms with van der Waals surface area (Å²) in [6.07, 6.45) is 3.62. The van der Waals surface area contributed by atoms with Crippen molar-refractivity contribution in [1.29, 1.82) is 0 Å². The number of fused-ring (bicyclic) bond motifs is 1. The monoisotopic (exact) mass is 372 g/mol. The van der Waals surface area contributed by atoms with Crippen molar-refractivity contribution < 1.29 is 14.3 Å². The maximum Gasteiger partial charge on any atom is 0.250 e. The number of nitrogens with zero attached hydrogens (tertiary/aromatic N) is 1. The summed E-state index contributed by atoms with van der Waals surface area (Å²) in [7, 11) is 0. The average Bonchev–Trinajstić information content (AvgIpc) is 2.77. The third-order valence-electron chi connectivity index (χ3n) is 4.41. The first kappa shape index (κ1) is 17.8. The summed E-state index contributed by atoms with van der Waals surface area (Å²) in [4.78, 5) is 16.6. The molecule has 5 nitrogen and oxygen atoms in total. The number of benzene rings is 2. The average molecular weight is 372 g/mol. The van der Waals surface area contributed by atoms with Gasteiger partial charge >= 0.3 is 0 Å². The molecular weight excluding hydrogens is 352 g/mol. The van der Waals surface area contributed by atoms with Crippen molar-refractivity contribution in [2.24, 2.45) is 0 Å². The Morgan fingerprint density at radius 2 is 1.86 bits per heavy atom. The molecule has 4 rings (SSSR count). The van der Waals surface area contributed by atoms with E-state index in [1.807, 2.05) is 72.8 Å². The van der Waals surface area contributed by atoms with E-state index in [2.05, 4.69) is 10.3 Å². The van der Waals surface area contributed by atoms with Crippen molar-refractivity contribution in [2.45, 2.75) is 13.2 Å². The number of rotatable bonds is 6. The first-order valence-corrected chi connectivity index (χ1v) is 9.10. The van der Waals surface area contributed by atoms with Crippen LogP contribution >= 0.6 is 0 Å². The Morgan fingerprint density at radius 3 is 2.68 bits per heavy atom. The fraction of sp³-hybridized carbons (Fsp3) is 0.130. The van der Waals surface area contributed by atoms with Crippen LogP contribution in [0.1, 0.15) is 16.8 Å². The quantitative estimate of drug-likeness (QED) is 0.716. The molecule has 1 aromatic heterocycles. The summed E-state index contributed by atoms with van der Waals surface area (Å²) in [5.74, 6) is 1.45. The van der Waals surface area contributed by atoms with Crippen LogP contribution in [-0.4, -0.2) is 17.5 Å². The Morgan fingerprint density at radius 1 is 1.04 bits per heavy atom. The molecule has 0 fully saturated rings. The number of carbonyl (C=O) groups is 1. The number of pyridine rings is 1. The topological polar surface area (TPSA) is 60.5 Å². The molecule has 1 aliphatic rings. The Bertz CT molecular complexity index is 982. The van der Waals surface area contributed by atoms with E-state index in [0.29, 0.717) is 18.7 Å². The van der Waals surface area contributed by atoms with Crippen LogP contribution in [0.5, 0.6) is 11.5 Å². The Hall–Kier alpha value is -3.60. The number of amides is 1. The van der Waals surface area contributed by atoms with Crippen LogP contribution in [0.25, 0.3) is 6.08 Å². The molecule has 140 valence electrons. The molecule has 1 aliphatic heterocycles. The van der Waals surface area contributed by atoms with Crippen molar-refractivity contribution >= 4 is 12.0 Å². The van der Waals surface area contributed by atoms with Crippen molar-refractivity contribution in [1.82, 2.24) is 10.3 Å². The highest BCUT2D eigenvalue weighted by molar-refractivity contribution is 5.99. The zero-order valence-electron chi connectivity index (χ0n) is 15.3. The van der Waals surface area contributed by atoms with Gasteiger partial charge in [-0.3, -0.25) is 9.78 Å². The van der Waals surface area contributed by atoms with Crippen LogP contribution in [0, 0.1) is 0 Å². The number of nitrogens with one attached hydrogen (secondary N) is 1. The van der Waals surface area contributed by atoms with E-state index in [-0.39, 0.29) is 12.5 Å². The van der Waals surface area contributed by atoms with Crippen molar-refractivity contribution in [3.63, 3.8) is 0 Å². The van der Waals surface area contributed by atoms with E-state index >= 15 is 0 Å². The van der Waals surface area contributed by atoms with Gasteiger partial charge in [-0.25, -0.2) is 0 Å². The van der Waals surface area contributed by atoms with E-state index in [4.69, 9.17) is 9.47 Å². The molecule has 1 N–H and O–H groups in total. The Kier molecular flexibility index (Phi) is 5.33. The first-order chi connectivity index (χ1) is 13.8. The maximum absolute atomic E-state index is 12.4. The minimum Gasteiger partial charge on any atom is -0.488 e. The van der Waals surface area contributed by atoms with E-state index in [1.54, 1.807) is 6.20 Å². The van der Waals surface area contributed by atoms with Gasteiger partial charge in [-0.2, -0.15) is 0 Å². The highest BCUT2D eigenvalue weighted by atomic mass is 16.5. The summed E-state index contributed by atoms with van der Waals surface area (Å²) in [6.45, 7) is 1.15. The summed E-state index contributed by atoms with van der Waals surface area (Å²) in [5.41, 5.74) is 3.42. The number of para-hydroxylation sites is 1. The highest BCUT2D eigenvalue weighted by Gasteiger charge is 2.16. The standard InChI is InChI=1S/C23H20N2O3/c26-23(19-13-18-5-1-2-7-22(18)28-15-19)25-14-17-8-10-21(11-9-17)27-16-20-6-3-4-12-24-20/h1-13H,14-16H2,(H,25,26). The SMILES string of the molecule is O=C(NCc1ccc(OCc2ccccn2)cc1)C1=Cc2ccccc2OC1. The molecule has 0 radical (unpaired) electrons. The molecule has 0 unspecified atom stereocenters. The Balaban J connectivity index is 1.30. The molecule has 0 atom stereocenters. The summed E-state index contributed by atoms with van der Waals surface area (Å²) >= 11 is 0. The van der Waals surface area contributed by atoms with Gasteiger partial charge in [-0.05, 0) is 42.0 Å². The number of hydrogen-bond donors (Lipinski definition) is 1. The Labute approximate surface area is 163 Å². The van der Waals surface area contributed by atoms with E-state index in [9.17, 15) is 4.79 Å². The normalized spacial score (nSPS) is 12.4. The summed E-state index contributed by atoms with van der Waals surface area (Å²) < 4.78 is 11.4. The predicted molar refractivity (Wildman–Crippen MR) is 107 cm³/mol. The minimum absolute atomic E-state index is 0.120. The van der Waals surface area contributed by atoms with Gasteiger partial charge in [0.05, 0.1) is 11.3 Å². The number of aromatic nitrogens is 1. The molecule has 0 saturated carbocycles. The number of ether oxygens (including phenoxy) is 2. The summed E-state index contributed by atoms with van der Waals surface area (Å²) in [5, 5.41) is 2.94. The fourth-order valence-corrected chi connectivity index (χ4v) is 2.89. The molecule has 0 bridgehead atoms. The smallest absolute Gasteiger partial charge is 0.250 e. The van der Waals surface area contributed by atoms with Crippen LogP contribution in [-0.2, 0) is 17.9 Å². The first-order valence-electron chi connectivity index (χ1n) is 9.10. The lowest BCUT2D eigenvalue weighted by Crippen LogP contribution is -2.28. The second-order valence-electron chi connectivity index (χ2n) is 6.43.